The fourth-order valence-corrected chi connectivity index (χ4v) is 4.92. The standard InChI is InChI=1S/C24H22ClN7O/c1-14-12-33-9-8-31(14)16-10-18(24-27-13-28-30-24)23-21(11-16)32(15(2)29-23)20-6-7-26-22-17(20)4-3-5-19(22)25/h3-7,10-11,13-14H,8-9,12H2,1-2H3,(H,27,28,30)/t14-/m1/s1. The molecule has 0 bridgehead atoms. The number of aromatic amines is 1. The van der Waals surface area contributed by atoms with Crippen LogP contribution in [0.2, 0.25) is 5.02 Å². The predicted molar refractivity (Wildman–Crippen MR) is 129 cm³/mol. The lowest BCUT2D eigenvalue weighted by Gasteiger charge is -2.35. The van der Waals surface area contributed by atoms with Crippen LogP contribution in [0.15, 0.2) is 48.9 Å². The van der Waals surface area contributed by atoms with E-state index in [2.05, 4.69) is 48.7 Å². The quantitative estimate of drug-likeness (QED) is 0.426. The van der Waals surface area contributed by atoms with E-state index in [1.807, 2.05) is 31.2 Å². The van der Waals surface area contributed by atoms with Crippen molar-refractivity contribution in [3.05, 3.63) is 59.8 Å². The van der Waals surface area contributed by atoms with Gasteiger partial charge in [0.1, 0.15) is 17.7 Å². The molecule has 2 aromatic carbocycles. The Balaban J connectivity index is 1.66. The molecule has 1 atom stereocenters. The molecule has 1 N–H and O–H groups in total. The molecule has 0 radical (unpaired) electrons. The summed E-state index contributed by atoms with van der Waals surface area (Å²) >= 11 is 6.46. The molecule has 1 fully saturated rings. The van der Waals surface area contributed by atoms with Crippen molar-refractivity contribution in [1.82, 2.24) is 29.7 Å². The number of H-pyrrole nitrogens is 1. The number of hydrogen-bond acceptors (Lipinski definition) is 6. The average Bonchev–Trinajstić information content (AvgIpc) is 3.46. The van der Waals surface area contributed by atoms with Crippen LogP contribution in [0.25, 0.3) is 39.0 Å². The van der Waals surface area contributed by atoms with Crippen LogP contribution in [0.5, 0.6) is 0 Å². The minimum atomic E-state index is 0.261. The van der Waals surface area contributed by atoms with Gasteiger partial charge in [0.15, 0.2) is 5.82 Å². The lowest BCUT2D eigenvalue weighted by atomic mass is 10.1. The van der Waals surface area contributed by atoms with E-state index >= 15 is 0 Å². The molecule has 8 nitrogen and oxygen atoms in total. The van der Waals surface area contributed by atoms with Crippen LogP contribution < -0.4 is 4.90 Å². The largest absolute Gasteiger partial charge is 0.377 e. The van der Waals surface area contributed by atoms with Crippen molar-refractivity contribution in [1.29, 1.82) is 0 Å². The number of imidazole rings is 1. The van der Waals surface area contributed by atoms with Crippen molar-refractivity contribution in [3.63, 3.8) is 0 Å². The van der Waals surface area contributed by atoms with E-state index in [4.69, 9.17) is 21.3 Å². The highest BCUT2D eigenvalue weighted by molar-refractivity contribution is 6.35. The number of benzene rings is 2. The van der Waals surface area contributed by atoms with Crippen molar-refractivity contribution >= 4 is 39.2 Å². The van der Waals surface area contributed by atoms with E-state index in [0.29, 0.717) is 24.1 Å². The number of rotatable bonds is 3. The van der Waals surface area contributed by atoms with Crippen LogP contribution in [0.1, 0.15) is 12.7 Å². The monoisotopic (exact) mass is 459 g/mol. The number of halogens is 1. The molecule has 0 saturated carbocycles. The van der Waals surface area contributed by atoms with Crippen LogP contribution in [-0.2, 0) is 4.74 Å². The molecule has 0 amide bonds. The van der Waals surface area contributed by atoms with Crippen LogP contribution in [0.4, 0.5) is 5.69 Å². The zero-order valence-corrected chi connectivity index (χ0v) is 19.0. The van der Waals surface area contributed by atoms with Crippen molar-refractivity contribution in [2.75, 3.05) is 24.7 Å². The maximum absolute atomic E-state index is 6.46. The number of nitrogens with zero attached hydrogens (tertiary/aromatic N) is 6. The van der Waals surface area contributed by atoms with Crippen LogP contribution in [-0.4, -0.2) is 55.5 Å². The van der Waals surface area contributed by atoms with Gasteiger partial charge in [-0.3, -0.25) is 9.55 Å². The molecule has 5 aromatic rings. The summed E-state index contributed by atoms with van der Waals surface area (Å²) in [5.41, 5.74) is 5.62. The highest BCUT2D eigenvalue weighted by Gasteiger charge is 2.24. The minimum Gasteiger partial charge on any atom is -0.377 e. The van der Waals surface area contributed by atoms with Crippen LogP contribution in [0.3, 0.4) is 0 Å². The zero-order chi connectivity index (χ0) is 22.5. The van der Waals surface area contributed by atoms with Gasteiger partial charge in [-0.2, -0.15) is 0 Å². The number of aromatic nitrogens is 6. The van der Waals surface area contributed by atoms with Gasteiger partial charge in [0.2, 0.25) is 0 Å². The van der Waals surface area contributed by atoms with E-state index in [9.17, 15) is 0 Å². The Hall–Kier alpha value is -3.49. The fraction of sp³-hybridized carbons (Fsp3) is 0.250. The fourth-order valence-electron chi connectivity index (χ4n) is 4.70. The van der Waals surface area contributed by atoms with Gasteiger partial charge < -0.3 is 14.6 Å². The smallest absolute Gasteiger partial charge is 0.163 e. The van der Waals surface area contributed by atoms with Crippen molar-refractivity contribution in [2.45, 2.75) is 19.9 Å². The van der Waals surface area contributed by atoms with E-state index in [-0.39, 0.29) is 6.04 Å². The molecule has 0 aliphatic carbocycles. The molecule has 1 aliphatic rings. The van der Waals surface area contributed by atoms with E-state index < -0.39 is 0 Å². The number of para-hydroxylation sites is 1. The number of aryl methyl sites for hydroxylation is 1. The number of anilines is 1. The number of nitrogens with one attached hydrogen (secondary N) is 1. The van der Waals surface area contributed by atoms with Gasteiger partial charge in [0, 0.05) is 35.4 Å². The maximum Gasteiger partial charge on any atom is 0.163 e. The summed E-state index contributed by atoms with van der Waals surface area (Å²) in [5.74, 6) is 1.56. The summed E-state index contributed by atoms with van der Waals surface area (Å²) in [6.07, 6.45) is 3.38. The molecular weight excluding hydrogens is 438 g/mol. The summed E-state index contributed by atoms with van der Waals surface area (Å²) in [5, 5.41) is 9.89. The minimum absolute atomic E-state index is 0.261. The van der Waals surface area contributed by atoms with Crippen molar-refractivity contribution in [3.8, 4) is 17.1 Å². The number of fused-ring (bicyclic) bond motifs is 2. The number of pyridine rings is 1. The van der Waals surface area contributed by atoms with Gasteiger partial charge in [-0.05, 0) is 38.1 Å². The molecule has 0 spiro atoms. The Morgan fingerprint density at radius 1 is 1.18 bits per heavy atom. The molecule has 6 rings (SSSR count). The Morgan fingerprint density at radius 2 is 2.09 bits per heavy atom. The lowest BCUT2D eigenvalue weighted by Crippen LogP contribution is -2.43. The first kappa shape index (κ1) is 20.1. The molecule has 33 heavy (non-hydrogen) atoms. The van der Waals surface area contributed by atoms with Gasteiger partial charge >= 0.3 is 0 Å². The summed E-state index contributed by atoms with van der Waals surface area (Å²) in [4.78, 5) is 15.0. The van der Waals surface area contributed by atoms with Crippen LogP contribution in [0, 0.1) is 6.92 Å². The third-order valence-electron chi connectivity index (χ3n) is 6.22. The molecule has 1 aliphatic heterocycles. The zero-order valence-electron chi connectivity index (χ0n) is 18.3. The molecule has 3 aromatic heterocycles. The molecule has 166 valence electrons. The SMILES string of the molecule is Cc1nc2c(-c3nnc[nH]3)cc(N3CCOC[C@H]3C)cc2n1-c1ccnc2c(Cl)cccc12. The summed E-state index contributed by atoms with van der Waals surface area (Å²) in [6.45, 7) is 6.41. The van der Waals surface area contributed by atoms with E-state index in [1.165, 1.54) is 0 Å². The Kier molecular flexibility index (Phi) is 4.78. The van der Waals surface area contributed by atoms with Crippen LogP contribution >= 0.6 is 11.6 Å². The van der Waals surface area contributed by atoms with Gasteiger partial charge in [-0.25, -0.2) is 4.98 Å². The Morgan fingerprint density at radius 3 is 2.91 bits per heavy atom. The second-order valence-corrected chi connectivity index (χ2v) is 8.68. The second-order valence-electron chi connectivity index (χ2n) is 8.28. The molecule has 9 heteroatoms. The number of morpholine rings is 1. The Labute approximate surface area is 195 Å². The first-order valence-electron chi connectivity index (χ1n) is 10.9. The van der Waals surface area contributed by atoms with Gasteiger partial charge in [0.05, 0.1) is 35.0 Å². The lowest BCUT2D eigenvalue weighted by molar-refractivity contribution is 0.0989. The molecule has 1 saturated heterocycles. The predicted octanol–water partition coefficient (Wildman–Crippen LogP) is 4.55. The maximum atomic E-state index is 6.46. The van der Waals surface area contributed by atoms with E-state index in [0.717, 1.165) is 51.2 Å². The first-order chi connectivity index (χ1) is 16.1. The first-order valence-corrected chi connectivity index (χ1v) is 11.3. The third-order valence-corrected chi connectivity index (χ3v) is 6.53. The highest BCUT2D eigenvalue weighted by atomic mass is 35.5. The summed E-state index contributed by atoms with van der Waals surface area (Å²) in [6, 6.07) is 12.5. The Bertz CT molecular complexity index is 1480. The normalized spacial score (nSPS) is 16.7. The van der Waals surface area contributed by atoms with Gasteiger partial charge in [0.25, 0.3) is 0 Å². The summed E-state index contributed by atoms with van der Waals surface area (Å²) < 4.78 is 7.84. The third kappa shape index (κ3) is 3.25. The van der Waals surface area contributed by atoms with Gasteiger partial charge in [-0.1, -0.05) is 23.7 Å². The summed E-state index contributed by atoms with van der Waals surface area (Å²) in [7, 11) is 0. The van der Waals surface area contributed by atoms with Gasteiger partial charge in [-0.15, -0.1) is 10.2 Å². The molecular formula is C24H22ClN7O. The number of hydrogen-bond donors (Lipinski definition) is 1. The number of ether oxygens (including phenoxy) is 1. The topological polar surface area (TPSA) is 84.8 Å². The average molecular weight is 460 g/mol. The molecule has 0 unspecified atom stereocenters. The molecule has 4 heterocycles. The van der Waals surface area contributed by atoms with Crippen molar-refractivity contribution < 1.29 is 4.74 Å². The van der Waals surface area contributed by atoms with Crippen molar-refractivity contribution in [2.24, 2.45) is 0 Å². The second kappa shape index (κ2) is 7.83. The highest BCUT2D eigenvalue weighted by Crippen LogP contribution is 2.36. The van der Waals surface area contributed by atoms with E-state index in [1.54, 1.807) is 12.5 Å².